The highest BCUT2D eigenvalue weighted by molar-refractivity contribution is 5.82. The zero-order valence-corrected chi connectivity index (χ0v) is 21.8. The van der Waals surface area contributed by atoms with Crippen LogP contribution in [0.25, 0.3) is 10.9 Å². The molecule has 4 aromatic rings. The van der Waals surface area contributed by atoms with Gasteiger partial charge in [0.25, 0.3) is 0 Å². The third kappa shape index (κ3) is 4.77. The van der Waals surface area contributed by atoms with Gasteiger partial charge in [0.2, 0.25) is 0 Å². The van der Waals surface area contributed by atoms with Crippen molar-refractivity contribution in [2.24, 2.45) is 11.8 Å². The van der Waals surface area contributed by atoms with E-state index in [0.717, 1.165) is 54.0 Å². The van der Waals surface area contributed by atoms with Crippen LogP contribution in [-0.4, -0.2) is 28.6 Å². The Balaban J connectivity index is 1.46. The molecule has 3 aliphatic rings. The number of quaternary nitrogens is 1. The third-order valence-corrected chi connectivity index (χ3v) is 8.89. The van der Waals surface area contributed by atoms with Crippen molar-refractivity contribution in [1.82, 2.24) is 4.98 Å². The number of pyridine rings is 1. The lowest BCUT2D eigenvalue weighted by molar-refractivity contribution is -0.985. The standard InChI is InChI=1S/C33H32F3N2O/c1-2-23-19-38(20-25-12-13-28(34)32(36)31(25)35)17-15-24(23)18-30(38)33(39-21-22-8-4-3-5-9-22)27-14-16-37-29-11-7-6-10-26(27)29/h2-14,16,23-24,30,33H,1,15,17-21H2/q+1/t23-,24-,30-,33+,38-/m0/s1. The fourth-order valence-electron chi connectivity index (χ4n) is 6.93. The molecule has 200 valence electrons. The quantitative estimate of drug-likeness (QED) is 0.134. The number of fused-ring (bicyclic) bond motifs is 4. The first-order valence-electron chi connectivity index (χ1n) is 13.6. The molecule has 0 spiro atoms. The molecule has 7 rings (SSSR count). The highest BCUT2D eigenvalue weighted by atomic mass is 19.2. The van der Waals surface area contributed by atoms with Crippen molar-refractivity contribution in [2.45, 2.75) is 38.1 Å². The van der Waals surface area contributed by atoms with Crippen LogP contribution in [0, 0.1) is 29.3 Å². The van der Waals surface area contributed by atoms with Gasteiger partial charge in [-0.15, -0.1) is 6.58 Å². The normalized spacial score (nSPS) is 25.1. The molecular formula is C33H32F3N2O+. The average Bonchev–Trinajstić information content (AvgIpc) is 2.98. The van der Waals surface area contributed by atoms with Crippen molar-refractivity contribution in [1.29, 1.82) is 0 Å². The van der Waals surface area contributed by atoms with Crippen molar-refractivity contribution < 1.29 is 22.4 Å². The second-order valence-electron chi connectivity index (χ2n) is 11.0. The first-order chi connectivity index (χ1) is 19.0. The van der Waals surface area contributed by atoms with Crippen molar-refractivity contribution in [2.75, 3.05) is 13.1 Å². The maximum atomic E-state index is 15.1. The van der Waals surface area contributed by atoms with E-state index in [4.69, 9.17) is 4.74 Å². The van der Waals surface area contributed by atoms with Gasteiger partial charge in [-0.05, 0) is 41.3 Å². The Morgan fingerprint density at radius 2 is 1.77 bits per heavy atom. The Morgan fingerprint density at radius 3 is 2.59 bits per heavy atom. The van der Waals surface area contributed by atoms with Gasteiger partial charge in [0.05, 0.1) is 25.2 Å². The Labute approximate surface area is 227 Å². The fourth-order valence-corrected chi connectivity index (χ4v) is 6.93. The summed E-state index contributed by atoms with van der Waals surface area (Å²) in [5, 5.41) is 1.03. The summed E-state index contributed by atoms with van der Waals surface area (Å²) in [6, 6.07) is 22.5. The summed E-state index contributed by atoms with van der Waals surface area (Å²) in [4.78, 5) is 4.57. The number of rotatable bonds is 8. The van der Waals surface area contributed by atoms with Crippen LogP contribution in [-0.2, 0) is 17.9 Å². The van der Waals surface area contributed by atoms with Gasteiger partial charge >= 0.3 is 0 Å². The molecule has 3 fully saturated rings. The van der Waals surface area contributed by atoms with Crippen LogP contribution in [0.3, 0.4) is 0 Å². The van der Waals surface area contributed by atoms with Crippen molar-refractivity contribution in [3.8, 4) is 0 Å². The van der Waals surface area contributed by atoms with Gasteiger partial charge in [-0.1, -0.05) is 54.6 Å². The summed E-state index contributed by atoms with van der Waals surface area (Å²) in [6.07, 6.45) is 5.37. The van der Waals surface area contributed by atoms with E-state index in [0.29, 0.717) is 17.0 Å². The van der Waals surface area contributed by atoms with E-state index in [2.05, 4.69) is 17.6 Å². The highest BCUT2D eigenvalue weighted by Gasteiger charge is 2.55. The van der Waals surface area contributed by atoms with Gasteiger partial charge in [0, 0.05) is 35.9 Å². The number of benzene rings is 3. The summed E-state index contributed by atoms with van der Waals surface area (Å²) in [5.41, 5.74) is 3.20. The van der Waals surface area contributed by atoms with Gasteiger partial charge in [0.1, 0.15) is 18.7 Å². The second-order valence-corrected chi connectivity index (χ2v) is 11.0. The van der Waals surface area contributed by atoms with Crippen LogP contribution in [0.4, 0.5) is 13.2 Å². The van der Waals surface area contributed by atoms with Crippen LogP contribution < -0.4 is 0 Å². The molecule has 0 saturated carbocycles. The molecule has 3 nitrogen and oxygen atoms in total. The van der Waals surface area contributed by atoms with Crippen LogP contribution in [0.2, 0.25) is 0 Å². The van der Waals surface area contributed by atoms with E-state index in [1.165, 1.54) is 6.07 Å². The zero-order chi connectivity index (χ0) is 27.0. The van der Waals surface area contributed by atoms with Crippen LogP contribution in [0.5, 0.6) is 0 Å². The maximum Gasteiger partial charge on any atom is 0.194 e. The SMILES string of the molecule is C=C[C@H]1C[N@+]2(Cc3ccc(F)c(F)c3F)CC[C@H]1C[C@H]2[C@H](OCc1ccccc1)c1ccnc2ccccc12. The minimum absolute atomic E-state index is 0.0121. The topological polar surface area (TPSA) is 22.1 Å². The van der Waals surface area contributed by atoms with Crippen molar-refractivity contribution in [3.63, 3.8) is 0 Å². The van der Waals surface area contributed by atoms with Crippen molar-refractivity contribution in [3.05, 3.63) is 126 Å². The summed E-state index contributed by atoms with van der Waals surface area (Å²) < 4.78 is 50.6. The molecular weight excluding hydrogens is 497 g/mol. The second kappa shape index (κ2) is 10.6. The smallest absolute Gasteiger partial charge is 0.194 e. The Kier molecular flexibility index (Phi) is 7.00. The van der Waals surface area contributed by atoms with E-state index in [1.807, 2.05) is 66.9 Å². The molecule has 0 N–H and O–H groups in total. The fraction of sp³-hybridized carbons (Fsp3) is 0.303. The lowest BCUT2D eigenvalue weighted by Gasteiger charge is -2.58. The van der Waals surface area contributed by atoms with Crippen molar-refractivity contribution >= 4 is 10.9 Å². The molecule has 0 radical (unpaired) electrons. The monoisotopic (exact) mass is 529 g/mol. The highest BCUT2D eigenvalue weighted by Crippen LogP contribution is 2.49. The minimum Gasteiger partial charge on any atom is -0.363 e. The summed E-state index contributed by atoms with van der Waals surface area (Å²) in [6.45, 7) is 6.35. The summed E-state index contributed by atoms with van der Waals surface area (Å²) in [7, 11) is 0. The number of hydrogen-bond donors (Lipinski definition) is 0. The van der Waals surface area contributed by atoms with E-state index in [9.17, 15) is 8.78 Å². The lowest BCUT2D eigenvalue weighted by Crippen LogP contribution is -2.67. The van der Waals surface area contributed by atoms with Crippen LogP contribution in [0.15, 0.2) is 91.6 Å². The first kappa shape index (κ1) is 25.8. The van der Waals surface area contributed by atoms with E-state index < -0.39 is 17.5 Å². The molecule has 3 aliphatic heterocycles. The van der Waals surface area contributed by atoms with Gasteiger partial charge in [-0.2, -0.15) is 0 Å². The Hall–Kier alpha value is -3.48. The lowest BCUT2D eigenvalue weighted by atomic mass is 9.71. The van der Waals surface area contributed by atoms with Gasteiger partial charge in [-0.25, -0.2) is 13.2 Å². The maximum absolute atomic E-state index is 15.1. The predicted octanol–water partition coefficient (Wildman–Crippen LogP) is 7.52. The molecule has 1 aromatic heterocycles. The van der Waals surface area contributed by atoms with E-state index >= 15 is 4.39 Å². The molecule has 0 aliphatic carbocycles. The number of halogens is 3. The summed E-state index contributed by atoms with van der Waals surface area (Å²) >= 11 is 0. The number of para-hydroxylation sites is 1. The van der Waals surface area contributed by atoms with Gasteiger partial charge in [-0.3, -0.25) is 4.98 Å². The average molecular weight is 530 g/mol. The first-order valence-corrected chi connectivity index (χ1v) is 13.6. The molecule has 0 unspecified atom stereocenters. The number of hydrogen-bond acceptors (Lipinski definition) is 2. The number of nitrogens with zero attached hydrogens (tertiary/aromatic N) is 2. The molecule has 2 bridgehead atoms. The molecule has 4 heterocycles. The molecule has 5 atom stereocenters. The number of ether oxygens (including phenoxy) is 1. The van der Waals surface area contributed by atoms with Crippen LogP contribution in [0.1, 0.15) is 35.6 Å². The van der Waals surface area contributed by atoms with E-state index in [-0.39, 0.29) is 30.2 Å². The van der Waals surface area contributed by atoms with E-state index in [1.54, 1.807) is 0 Å². The molecule has 3 saturated heterocycles. The Morgan fingerprint density at radius 1 is 0.974 bits per heavy atom. The minimum atomic E-state index is -1.41. The molecule has 3 aromatic carbocycles. The third-order valence-electron chi connectivity index (χ3n) is 8.89. The molecule has 39 heavy (non-hydrogen) atoms. The predicted molar refractivity (Wildman–Crippen MR) is 146 cm³/mol. The molecule has 6 heteroatoms. The van der Waals surface area contributed by atoms with Gasteiger partial charge in [0.15, 0.2) is 17.5 Å². The largest absolute Gasteiger partial charge is 0.363 e. The molecule has 0 amide bonds. The Bertz CT molecular complexity index is 1490. The number of aromatic nitrogens is 1. The van der Waals surface area contributed by atoms with Gasteiger partial charge < -0.3 is 9.22 Å². The number of piperidine rings is 3. The zero-order valence-electron chi connectivity index (χ0n) is 21.8. The van der Waals surface area contributed by atoms with Crippen LogP contribution >= 0.6 is 0 Å². The summed E-state index contributed by atoms with van der Waals surface area (Å²) in [5.74, 6) is -2.96.